The summed E-state index contributed by atoms with van der Waals surface area (Å²) in [6, 6.07) is 12.2. The molecule has 1 unspecified atom stereocenters. The molecule has 2 aromatic rings. The van der Waals surface area contributed by atoms with Crippen LogP contribution >= 0.6 is 9.29 Å². The molecule has 0 aliphatic carbocycles. The van der Waals surface area contributed by atoms with E-state index in [1.54, 1.807) is 6.07 Å². The molecule has 0 fully saturated rings. The quantitative estimate of drug-likeness (QED) is 0.626. The van der Waals surface area contributed by atoms with Gasteiger partial charge in [-0.2, -0.15) is 0 Å². The van der Waals surface area contributed by atoms with Gasteiger partial charge in [0.25, 0.3) is 0 Å². The number of rotatable bonds is 2. The van der Waals surface area contributed by atoms with Gasteiger partial charge in [0.1, 0.15) is 5.75 Å². The van der Waals surface area contributed by atoms with Crippen LogP contribution in [0.1, 0.15) is 57.4 Å². The Morgan fingerprint density at radius 3 is 1.91 bits per heavy atom. The van der Waals surface area contributed by atoms with Gasteiger partial charge in [-0.15, -0.1) is 0 Å². The standard InChI is InChI=1S/C17H21NO.C2H6.S.Sn/c1-12-5-7-13(8-6-12)16(17(2,3)4)15-10-9-14(19)11-18-15;1-2;;/h5-11,16,19H,1-4H3;1-2H3;;. The van der Waals surface area contributed by atoms with Crippen molar-refractivity contribution in [3.8, 4) is 5.75 Å². The Bertz CT molecular complexity index is 516. The molecule has 0 bridgehead atoms. The zero-order valence-electron chi connectivity index (χ0n) is 14.9. The number of nitrogens with zero attached hydrogens (tertiary/aromatic N) is 1. The molecule has 0 saturated heterocycles. The fourth-order valence-electron chi connectivity index (χ4n) is 2.44. The van der Waals surface area contributed by atoms with Crippen LogP contribution in [0.2, 0.25) is 0 Å². The fourth-order valence-corrected chi connectivity index (χ4v) is 2.44. The monoisotopic (exact) mass is 437 g/mol. The van der Waals surface area contributed by atoms with Gasteiger partial charge >= 0.3 is 29.9 Å². The van der Waals surface area contributed by atoms with Gasteiger partial charge in [-0.05, 0) is 30.0 Å². The molecule has 4 heteroatoms. The van der Waals surface area contributed by atoms with E-state index in [9.17, 15) is 5.11 Å². The average Bonchev–Trinajstić information content (AvgIpc) is 2.54. The van der Waals surface area contributed by atoms with Crippen molar-refractivity contribution in [3.63, 3.8) is 0 Å². The number of aromatic nitrogens is 1. The molecule has 0 amide bonds. The van der Waals surface area contributed by atoms with E-state index in [2.05, 4.69) is 66.2 Å². The second-order valence-corrected chi connectivity index (χ2v) is 6.15. The maximum atomic E-state index is 9.39. The average molecular weight is 436 g/mol. The second-order valence-electron chi connectivity index (χ2n) is 6.15. The molecule has 0 spiro atoms. The summed E-state index contributed by atoms with van der Waals surface area (Å²) in [6.07, 6.45) is 1.52. The van der Waals surface area contributed by atoms with Crippen LogP contribution in [-0.2, 0) is 0 Å². The number of aryl methyl sites for hydroxylation is 1. The Morgan fingerprint density at radius 1 is 1.00 bits per heavy atom. The van der Waals surface area contributed by atoms with E-state index < -0.39 is 0 Å². The van der Waals surface area contributed by atoms with Crippen molar-refractivity contribution in [1.82, 2.24) is 4.98 Å². The topological polar surface area (TPSA) is 33.1 Å². The van der Waals surface area contributed by atoms with Crippen molar-refractivity contribution in [2.24, 2.45) is 5.41 Å². The first-order valence-corrected chi connectivity index (χ1v) is 11.7. The summed E-state index contributed by atoms with van der Waals surface area (Å²) in [5, 5.41) is 9.39. The SMILES string of the molecule is CC.Cc1ccc(C(c2ccc(O)cn2)C(C)(C)C)cc1.[S]=[Sn]. The minimum atomic E-state index is 0.0687. The van der Waals surface area contributed by atoms with Gasteiger partial charge in [-0.3, -0.25) is 4.98 Å². The number of hydrogen-bond acceptors (Lipinski definition) is 3. The van der Waals surface area contributed by atoms with Crippen molar-refractivity contribution < 1.29 is 5.11 Å². The van der Waals surface area contributed by atoms with Crippen LogP contribution in [0.4, 0.5) is 0 Å². The van der Waals surface area contributed by atoms with Gasteiger partial charge in [-0.1, -0.05) is 64.4 Å². The summed E-state index contributed by atoms with van der Waals surface area (Å²) in [6.45, 7) is 12.7. The summed E-state index contributed by atoms with van der Waals surface area (Å²) >= 11 is 1.13. The fraction of sp³-hybridized carbons (Fsp3) is 0.421. The van der Waals surface area contributed by atoms with Gasteiger partial charge in [0.2, 0.25) is 0 Å². The molecule has 1 heterocycles. The third kappa shape index (κ3) is 7.08. The number of aromatic hydroxyl groups is 1. The van der Waals surface area contributed by atoms with Gasteiger partial charge < -0.3 is 5.11 Å². The summed E-state index contributed by atoms with van der Waals surface area (Å²) in [7, 11) is 4.17. The van der Waals surface area contributed by atoms with Gasteiger partial charge in [0.15, 0.2) is 0 Å². The van der Waals surface area contributed by atoms with Crippen molar-refractivity contribution >= 4 is 29.9 Å². The summed E-state index contributed by atoms with van der Waals surface area (Å²) in [4.78, 5) is 4.39. The molecule has 1 aromatic carbocycles. The third-order valence-electron chi connectivity index (χ3n) is 3.34. The number of hydrogen-bond donors (Lipinski definition) is 1. The van der Waals surface area contributed by atoms with Crippen LogP contribution in [-0.4, -0.2) is 30.7 Å². The molecule has 2 nitrogen and oxygen atoms in total. The Hall–Kier alpha value is -0.811. The Labute approximate surface area is 157 Å². The van der Waals surface area contributed by atoms with Crippen LogP contribution in [0.5, 0.6) is 5.75 Å². The Kier molecular flexibility index (Phi) is 10.5. The molecule has 1 atom stereocenters. The molecule has 0 aliphatic rings. The molecule has 23 heavy (non-hydrogen) atoms. The van der Waals surface area contributed by atoms with E-state index in [0.717, 1.165) is 26.3 Å². The van der Waals surface area contributed by atoms with E-state index >= 15 is 0 Å². The van der Waals surface area contributed by atoms with E-state index in [1.807, 2.05) is 19.9 Å². The summed E-state index contributed by atoms with van der Waals surface area (Å²) in [5.74, 6) is 0.425. The first-order valence-electron chi connectivity index (χ1n) is 7.80. The molecule has 2 radical (unpaired) electrons. The molecule has 0 saturated carbocycles. The van der Waals surface area contributed by atoms with Crippen molar-refractivity contribution in [2.75, 3.05) is 0 Å². The third-order valence-corrected chi connectivity index (χ3v) is 3.34. The van der Waals surface area contributed by atoms with Crippen LogP contribution in [0.15, 0.2) is 42.6 Å². The van der Waals surface area contributed by atoms with Gasteiger partial charge in [-0.25, -0.2) is 0 Å². The molecular weight excluding hydrogens is 409 g/mol. The van der Waals surface area contributed by atoms with E-state index in [1.165, 1.54) is 17.3 Å². The first-order chi connectivity index (χ1) is 10.9. The molecule has 1 aromatic heterocycles. The Balaban J connectivity index is 0.00000112. The normalized spacial score (nSPS) is 11.4. The van der Waals surface area contributed by atoms with E-state index in [4.69, 9.17) is 0 Å². The minimum absolute atomic E-state index is 0.0687. The molecule has 124 valence electrons. The molecule has 0 aliphatic heterocycles. The van der Waals surface area contributed by atoms with Crippen molar-refractivity contribution in [3.05, 3.63) is 59.4 Å². The molecular formula is C19H27NOSSn. The first kappa shape index (κ1) is 22.2. The van der Waals surface area contributed by atoms with Gasteiger partial charge in [0.05, 0.1) is 6.20 Å². The molecule has 1 N–H and O–H groups in total. The Morgan fingerprint density at radius 2 is 1.52 bits per heavy atom. The van der Waals surface area contributed by atoms with Crippen LogP contribution in [0.3, 0.4) is 0 Å². The zero-order valence-corrected chi connectivity index (χ0v) is 18.6. The predicted octanol–water partition coefficient (Wildman–Crippen LogP) is 5.57. The van der Waals surface area contributed by atoms with Crippen molar-refractivity contribution in [2.45, 2.75) is 47.5 Å². The summed E-state index contributed by atoms with van der Waals surface area (Å²) < 4.78 is 0. The van der Waals surface area contributed by atoms with Gasteiger partial charge in [0, 0.05) is 11.6 Å². The van der Waals surface area contributed by atoms with E-state index in [0.29, 0.717) is 0 Å². The maximum absolute atomic E-state index is 9.39. The summed E-state index contributed by atoms with van der Waals surface area (Å²) in [5.41, 5.74) is 3.58. The van der Waals surface area contributed by atoms with E-state index in [-0.39, 0.29) is 17.1 Å². The number of benzene rings is 1. The molecule has 2 rings (SSSR count). The van der Waals surface area contributed by atoms with Crippen LogP contribution < -0.4 is 0 Å². The number of pyridine rings is 1. The van der Waals surface area contributed by atoms with Crippen LogP contribution in [0, 0.1) is 12.3 Å². The van der Waals surface area contributed by atoms with Crippen LogP contribution in [0.25, 0.3) is 0 Å². The van der Waals surface area contributed by atoms with Crippen molar-refractivity contribution in [1.29, 1.82) is 0 Å². The second kappa shape index (κ2) is 10.9. The zero-order chi connectivity index (χ0) is 18.0. The predicted molar refractivity (Wildman–Crippen MR) is 103 cm³/mol.